The lowest BCUT2D eigenvalue weighted by molar-refractivity contribution is -0.137. The van der Waals surface area contributed by atoms with E-state index in [9.17, 15) is 22.8 Å². The van der Waals surface area contributed by atoms with Crippen molar-refractivity contribution < 1.29 is 22.8 Å². The van der Waals surface area contributed by atoms with E-state index in [4.69, 9.17) is 0 Å². The molecule has 2 heterocycles. The second-order valence-corrected chi connectivity index (χ2v) is 6.95. The highest BCUT2D eigenvalue weighted by molar-refractivity contribution is 7.08. The average Bonchev–Trinajstić information content (AvgIpc) is 3.16. The molecule has 1 saturated heterocycles. The molecule has 3 rings (SSSR count). The molecule has 0 aliphatic carbocycles. The van der Waals surface area contributed by atoms with Crippen LogP contribution in [-0.2, 0) is 11.0 Å². The minimum Gasteiger partial charge on any atom is -0.336 e. The molecule has 1 aromatic carbocycles. The molecule has 0 bridgehead atoms. The summed E-state index contributed by atoms with van der Waals surface area (Å²) in [5.41, 5.74) is -0.472. The number of benzene rings is 1. The summed E-state index contributed by atoms with van der Waals surface area (Å²) in [5, 5.41) is 5.97. The maximum absolute atomic E-state index is 13.0. The molecular formula is C18H18F3N3O2S. The van der Waals surface area contributed by atoms with E-state index < -0.39 is 17.6 Å². The lowest BCUT2D eigenvalue weighted by Crippen LogP contribution is -2.50. The summed E-state index contributed by atoms with van der Waals surface area (Å²) in [6.07, 6.45) is -4.53. The molecule has 0 spiro atoms. The molecule has 27 heavy (non-hydrogen) atoms. The molecule has 144 valence electrons. The average molecular weight is 397 g/mol. The second kappa shape index (κ2) is 8.10. The van der Waals surface area contributed by atoms with E-state index in [2.05, 4.69) is 5.32 Å². The molecule has 1 fully saturated rings. The van der Waals surface area contributed by atoms with Gasteiger partial charge in [0, 0.05) is 31.6 Å². The fourth-order valence-electron chi connectivity index (χ4n) is 2.91. The smallest absolute Gasteiger partial charge is 0.336 e. The van der Waals surface area contributed by atoms with Gasteiger partial charge in [-0.15, -0.1) is 0 Å². The van der Waals surface area contributed by atoms with E-state index in [0.717, 1.165) is 6.07 Å². The van der Waals surface area contributed by atoms with Gasteiger partial charge in [0.05, 0.1) is 23.4 Å². The van der Waals surface area contributed by atoms with Crippen LogP contribution in [-0.4, -0.2) is 54.3 Å². The number of hydrogen-bond donors (Lipinski definition) is 1. The molecule has 1 aliphatic rings. The number of halogens is 3. The standard InChI is InChI=1S/C18H18F3N3O2S/c19-18(20,21)14-3-1-2-4-15(14)22-16(25)11-23-6-8-24(9-7-23)17(26)13-5-10-27-12-13/h1-5,10,12H,6-9,11H2,(H,22,25). The van der Waals surface area contributed by atoms with Gasteiger partial charge in [-0.3, -0.25) is 14.5 Å². The Morgan fingerprint density at radius 3 is 2.41 bits per heavy atom. The number of carbonyl (C=O) groups excluding carboxylic acids is 2. The monoisotopic (exact) mass is 397 g/mol. The van der Waals surface area contributed by atoms with Crippen molar-refractivity contribution >= 4 is 28.8 Å². The maximum atomic E-state index is 13.0. The molecule has 1 aromatic heterocycles. The van der Waals surface area contributed by atoms with E-state index in [1.54, 1.807) is 16.3 Å². The Kier molecular flexibility index (Phi) is 5.81. The lowest BCUT2D eigenvalue weighted by Gasteiger charge is -2.34. The van der Waals surface area contributed by atoms with Gasteiger partial charge in [0.15, 0.2) is 0 Å². The van der Waals surface area contributed by atoms with Gasteiger partial charge in [-0.05, 0) is 23.6 Å². The first kappa shape index (κ1) is 19.4. The van der Waals surface area contributed by atoms with Crippen LogP contribution >= 0.6 is 11.3 Å². The van der Waals surface area contributed by atoms with Gasteiger partial charge in [0.1, 0.15) is 0 Å². The SMILES string of the molecule is O=C(CN1CCN(C(=O)c2ccsc2)CC1)Nc1ccccc1C(F)(F)F. The summed E-state index contributed by atoms with van der Waals surface area (Å²) < 4.78 is 39.0. The van der Waals surface area contributed by atoms with Gasteiger partial charge in [-0.2, -0.15) is 24.5 Å². The number of piperazine rings is 1. The highest BCUT2D eigenvalue weighted by atomic mass is 32.1. The molecule has 2 amide bonds. The second-order valence-electron chi connectivity index (χ2n) is 6.17. The summed E-state index contributed by atoms with van der Waals surface area (Å²) >= 11 is 1.45. The van der Waals surface area contributed by atoms with Gasteiger partial charge in [0.2, 0.25) is 5.91 Å². The molecule has 1 aliphatic heterocycles. The first-order chi connectivity index (χ1) is 12.8. The van der Waals surface area contributed by atoms with Crippen molar-refractivity contribution in [2.24, 2.45) is 0 Å². The van der Waals surface area contributed by atoms with Crippen LogP contribution in [0.15, 0.2) is 41.1 Å². The van der Waals surface area contributed by atoms with Crippen molar-refractivity contribution in [1.29, 1.82) is 0 Å². The van der Waals surface area contributed by atoms with Crippen molar-refractivity contribution in [3.05, 3.63) is 52.2 Å². The fourth-order valence-corrected chi connectivity index (χ4v) is 3.54. The van der Waals surface area contributed by atoms with E-state index in [0.29, 0.717) is 31.7 Å². The number of hydrogen-bond acceptors (Lipinski definition) is 4. The third kappa shape index (κ3) is 4.86. The van der Waals surface area contributed by atoms with Gasteiger partial charge in [0.25, 0.3) is 5.91 Å². The number of carbonyl (C=O) groups is 2. The van der Waals surface area contributed by atoms with E-state index >= 15 is 0 Å². The van der Waals surface area contributed by atoms with Crippen LogP contribution in [0.4, 0.5) is 18.9 Å². The van der Waals surface area contributed by atoms with Crippen LogP contribution in [0.25, 0.3) is 0 Å². The van der Waals surface area contributed by atoms with Crippen molar-refractivity contribution in [1.82, 2.24) is 9.80 Å². The van der Waals surface area contributed by atoms with E-state index in [1.807, 2.05) is 10.3 Å². The van der Waals surface area contributed by atoms with Crippen LogP contribution in [0, 0.1) is 0 Å². The van der Waals surface area contributed by atoms with E-state index in [-0.39, 0.29) is 18.1 Å². The minimum atomic E-state index is -4.53. The van der Waals surface area contributed by atoms with E-state index in [1.165, 1.54) is 29.5 Å². The van der Waals surface area contributed by atoms with Crippen LogP contribution in [0.5, 0.6) is 0 Å². The molecule has 2 aromatic rings. The lowest BCUT2D eigenvalue weighted by atomic mass is 10.1. The molecule has 1 N–H and O–H groups in total. The van der Waals surface area contributed by atoms with Gasteiger partial charge < -0.3 is 10.2 Å². The number of thiophene rings is 1. The Morgan fingerprint density at radius 1 is 1.07 bits per heavy atom. The Bertz CT molecular complexity index is 800. The highest BCUT2D eigenvalue weighted by Gasteiger charge is 2.33. The molecule has 9 heteroatoms. The van der Waals surface area contributed by atoms with Gasteiger partial charge in [-0.1, -0.05) is 12.1 Å². The van der Waals surface area contributed by atoms with Crippen molar-refractivity contribution in [3.63, 3.8) is 0 Å². The molecule has 5 nitrogen and oxygen atoms in total. The number of amides is 2. The third-order valence-electron chi connectivity index (χ3n) is 4.30. The minimum absolute atomic E-state index is 0.0212. The Labute approximate surface area is 158 Å². The quantitative estimate of drug-likeness (QED) is 0.862. The van der Waals surface area contributed by atoms with Crippen molar-refractivity contribution in [3.8, 4) is 0 Å². The highest BCUT2D eigenvalue weighted by Crippen LogP contribution is 2.34. The molecule has 0 radical (unpaired) electrons. The number of nitrogens with one attached hydrogen (secondary N) is 1. The Morgan fingerprint density at radius 2 is 1.78 bits per heavy atom. The topological polar surface area (TPSA) is 52.7 Å². The van der Waals surface area contributed by atoms with Crippen LogP contribution in [0.1, 0.15) is 15.9 Å². The summed E-state index contributed by atoms with van der Waals surface area (Å²) in [6.45, 7) is 1.91. The maximum Gasteiger partial charge on any atom is 0.418 e. The van der Waals surface area contributed by atoms with Crippen molar-refractivity contribution in [2.45, 2.75) is 6.18 Å². The molecule has 0 saturated carbocycles. The largest absolute Gasteiger partial charge is 0.418 e. The summed E-state index contributed by atoms with van der Waals surface area (Å²) in [4.78, 5) is 28.0. The first-order valence-corrected chi connectivity index (χ1v) is 9.29. The zero-order chi connectivity index (χ0) is 19.4. The number of anilines is 1. The predicted octanol–water partition coefficient (Wildman–Crippen LogP) is 3.16. The normalized spacial score (nSPS) is 15.6. The third-order valence-corrected chi connectivity index (χ3v) is 4.98. The molecule has 0 atom stereocenters. The Hall–Kier alpha value is -2.39. The number of para-hydroxylation sites is 1. The number of alkyl halides is 3. The zero-order valence-corrected chi connectivity index (χ0v) is 15.1. The summed E-state index contributed by atoms with van der Waals surface area (Å²) in [6, 6.07) is 6.66. The summed E-state index contributed by atoms with van der Waals surface area (Å²) in [7, 11) is 0. The van der Waals surface area contributed by atoms with Gasteiger partial charge in [-0.25, -0.2) is 0 Å². The number of rotatable bonds is 4. The van der Waals surface area contributed by atoms with Crippen LogP contribution in [0.3, 0.4) is 0 Å². The molecule has 0 unspecified atom stereocenters. The number of nitrogens with zero attached hydrogens (tertiary/aromatic N) is 2. The van der Waals surface area contributed by atoms with Crippen LogP contribution < -0.4 is 5.32 Å². The fraction of sp³-hybridized carbons (Fsp3) is 0.333. The predicted molar refractivity (Wildman–Crippen MR) is 96.7 cm³/mol. The van der Waals surface area contributed by atoms with Gasteiger partial charge >= 0.3 is 6.18 Å². The van der Waals surface area contributed by atoms with Crippen molar-refractivity contribution in [2.75, 3.05) is 38.0 Å². The molecular weight excluding hydrogens is 379 g/mol. The van der Waals surface area contributed by atoms with Crippen LogP contribution in [0.2, 0.25) is 0 Å². The zero-order valence-electron chi connectivity index (χ0n) is 14.3. The Balaban J connectivity index is 1.53. The first-order valence-electron chi connectivity index (χ1n) is 8.34. The summed E-state index contributed by atoms with van der Waals surface area (Å²) in [5.74, 6) is -0.552.